The maximum atomic E-state index is 13.4. The molecule has 0 saturated carbocycles. The fourth-order valence-electron chi connectivity index (χ4n) is 5.70. The van der Waals surface area contributed by atoms with Gasteiger partial charge in [0.1, 0.15) is 5.75 Å². The molecule has 0 unspecified atom stereocenters. The number of hydrogen-bond acceptors (Lipinski definition) is 4. The predicted molar refractivity (Wildman–Crippen MR) is 143 cm³/mol. The molecule has 0 amide bonds. The number of hydrogen-bond donors (Lipinski definition) is 0. The zero-order valence-electron chi connectivity index (χ0n) is 22.0. The number of ether oxygens (including phenoxy) is 2. The van der Waals surface area contributed by atoms with Crippen LogP contribution in [0, 0.1) is 12.8 Å². The minimum absolute atomic E-state index is 0.0927. The molecule has 0 bridgehead atoms. The second kappa shape index (κ2) is 11.4. The smallest absolute Gasteiger partial charge is 0.329 e. The van der Waals surface area contributed by atoms with E-state index in [1.807, 2.05) is 27.3 Å². The van der Waals surface area contributed by atoms with Crippen LogP contribution >= 0.6 is 0 Å². The minimum atomic E-state index is 0.0927. The summed E-state index contributed by atoms with van der Waals surface area (Å²) in [6.07, 6.45) is 3.14. The molecule has 0 radical (unpaired) electrons. The van der Waals surface area contributed by atoms with Crippen LogP contribution in [0.3, 0.4) is 0 Å². The van der Waals surface area contributed by atoms with Crippen molar-refractivity contribution in [3.63, 3.8) is 0 Å². The van der Waals surface area contributed by atoms with Gasteiger partial charge in [0.25, 0.3) is 0 Å². The van der Waals surface area contributed by atoms with Crippen molar-refractivity contribution in [2.24, 2.45) is 5.92 Å². The van der Waals surface area contributed by atoms with Crippen LogP contribution in [0.25, 0.3) is 11.0 Å². The molecule has 3 aromatic rings. The lowest BCUT2D eigenvalue weighted by Gasteiger charge is -2.34. The fraction of sp³-hybridized carbons (Fsp3) is 0.552. The molecule has 6 nitrogen and oxygen atoms in total. The third kappa shape index (κ3) is 5.49. The average Bonchev–Trinajstić information content (AvgIpc) is 3.15. The zero-order chi connectivity index (χ0) is 24.9. The normalized spacial score (nSPS) is 16.3. The lowest BCUT2D eigenvalue weighted by atomic mass is 9.83. The summed E-state index contributed by atoms with van der Waals surface area (Å²) in [5.74, 6) is 2.01. The first-order valence-corrected chi connectivity index (χ1v) is 13.0. The van der Waals surface area contributed by atoms with Crippen LogP contribution in [0.2, 0.25) is 0 Å². The van der Waals surface area contributed by atoms with Crippen LogP contribution in [-0.4, -0.2) is 54.5 Å². The van der Waals surface area contributed by atoms with Gasteiger partial charge >= 0.3 is 5.69 Å². The van der Waals surface area contributed by atoms with E-state index in [1.165, 1.54) is 11.1 Å². The van der Waals surface area contributed by atoms with Gasteiger partial charge in [-0.15, -0.1) is 0 Å². The van der Waals surface area contributed by atoms with Gasteiger partial charge in [0.05, 0.1) is 31.3 Å². The van der Waals surface area contributed by atoms with Crippen LogP contribution in [0.15, 0.2) is 47.3 Å². The van der Waals surface area contributed by atoms with Crippen LogP contribution < -0.4 is 10.4 Å². The maximum Gasteiger partial charge on any atom is 0.329 e. The van der Waals surface area contributed by atoms with E-state index < -0.39 is 0 Å². The van der Waals surface area contributed by atoms with Crippen molar-refractivity contribution in [3.05, 3.63) is 64.1 Å². The summed E-state index contributed by atoms with van der Waals surface area (Å²) in [4.78, 5) is 15.9. The maximum absolute atomic E-state index is 13.4. The molecule has 2 heterocycles. The Balaban J connectivity index is 1.44. The van der Waals surface area contributed by atoms with E-state index in [9.17, 15) is 4.79 Å². The van der Waals surface area contributed by atoms with Crippen molar-refractivity contribution >= 4 is 11.0 Å². The molecular formula is C29H41N3O3. The molecule has 2 aromatic carbocycles. The molecule has 1 aromatic heterocycles. The number of fused-ring (bicyclic) bond motifs is 1. The van der Waals surface area contributed by atoms with Gasteiger partial charge in [-0.2, -0.15) is 0 Å². The van der Waals surface area contributed by atoms with Crippen LogP contribution in [-0.2, 0) is 11.3 Å². The Morgan fingerprint density at radius 2 is 1.71 bits per heavy atom. The zero-order valence-corrected chi connectivity index (χ0v) is 22.0. The van der Waals surface area contributed by atoms with Gasteiger partial charge < -0.3 is 14.4 Å². The topological polar surface area (TPSA) is 48.6 Å². The summed E-state index contributed by atoms with van der Waals surface area (Å²) in [6, 6.07) is 14.9. The molecule has 6 heteroatoms. The Bertz CT molecular complexity index is 1170. The van der Waals surface area contributed by atoms with Gasteiger partial charge in [-0.05, 0) is 80.0 Å². The van der Waals surface area contributed by atoms with Crippen molar-refractivity contribution in [1.29, 1.82) is 0 Å². The number of aryl methyl sites for hydroxylation is 1. The predicted octanol–water partition coefficient (Wildman–Crippen LogP) is 5.23. The highest BCUT2D eigenvalue weighted by atomic mass is 16.5. The van der Waals surface area contributed by atoms with Gasteiger partial charge in [0, 0.05) is 26.2 Å². The number of likely N-dealkylation sites (tertiary alicyclic amines) is 1. The number of methoxy groups -OCH3 is 2. The number of aromatic nitrogens is 2. The fourth-order valence-corrected chi connectivity index (χ4v) is 5.70. The molecule has 1 aliphatic rings. The lowest BCUT2D eigenvalue weighted by molar-refractivity contribution is 0.175. The first-order chi connectivity index (χ1) is 16.9. The first-order valence-electron chi connectivity index (χ1n) is 13.0. The van der Waals surface area contributed by atoms with Crippen molar-refractivity contribution < 1.29 is 9.47 Å². The summed E-state index contributed by atoms with van der Waals surface area (Å²) < 4.78 is 14.7. The van der Waals surface area contributed by atoms with E-state index >= 15 is 0 Å². The average molecular weight is 480 g/mol. The molecule has 0 spiro atoms. The third-order valence-electron chi connectivity index (χ3n) is 7.76. The second-order valence-corrected chi connectivity index (χ2v) is 10.2. The molecule has 1 fully saturated rings. The number of piperidine rings is 1. The Labute approximate surface area is 209 Å². The van der Waals surface area contributed by atoms with Crippen molar-refractivity contribution in [1.82, 2.24) is 14.0 Å². The second-order valence-electron chi connectivity index (χ2n) is 10.2. The number of imidazole rings is 1. The summed E-state index contributed by atoms with van der Waals surface area (Å²) in [5, 5.41) is 0. The van der Waals surface area contributed by atoms with Crippen LogP contribution in [0.4, 0.5) is 0 Å². The van der Waals surface area contributed by atoms with Crippen LogP contribution in [0.1, 0.15) is 56.2 Å². The molecule has 1 atom stereocenters. The SMILES string of the molecule is COCCn1c(=O)n(C2CCN(CC[C@H](c3cc(OC)ccc3C)C(C)C)CC2)c2ccccc21. The van der Waals surface area contributed by atoms with Crippen LogP contribution in [0.5, 0.6) is 5.75 Å². The molecule has 0 N–H and O–H groups in total. The molecule has 190 valence electrons. The summed E-state index contributed by atoms with van der Waals surface area (Å²) in [6.45, 7) is 11.1. The molecular weight excluding hydrogens is 438 g/mol. The monoisotopic (exact) mass is 479 g/mol. The first kappa shape index (κ1) is 25.5. The molecule has 0 aliphatic carbocycles. The van der Waals surface area contributed by atoms with Gasteiger partial charge in [-0.1, -0.05) is 32.0 Å². The summed E-state index contributed by atoms with van der Waals surface area (Å²) in [5.41, 5.74) is 4.89. The van der Waals surface area contributed by atoms with Crippen molar-refractivity contribution in [2.45, 2.75) is 58.5 Å². The Morgan fingerprint density at radius 3 is 2.37 bits per heavy atom. The number of para-hydroxylation sites is 2. The van der Waals surface area contributed by atoms with Gasteiger partial charge in [-0.3, -0.25) is 9.13 Å². The van der Waals surface area contributed by atoms with Crippen molar-refractivity contribution in [2.75, 3.05) is 40.5 Å². The van der Waals surface area contributed by atoms with Gasteiger partial charge in [0.15, 0.2) is 0 Å². The van der Waals surface area contributed by atoms with E-state index in [0.29, 0.717) is 25.0 Å². The van der Waals surface area contributed by atoms with E-state index in [0.717, 1.165) is 55.7 Å². The number of nitrogens with zero attached hydrogens (tertiary/aromatic N) is 3. The van der Waals surface area contributed by atoms with E-state index in [-0.39, 0.29) is 11.7 Å². The third-order valence-corrected chi connectivity index (χ3v) is 7.76. The summed E-state index contributed by atoms with van der Waals surface area (Å²) >= 11 is 0. The standard InChI is InChI=1S/C29H41N3O3/c1-21(2)25(26-20-24(35-5)11-10-22(26)3)14-17-30-15-12-23(13-16-30)32-28-9-7-6-8-27(28)31(29(32)33)18-19-34-4/h6-11,20-21,23,25H,12-19H2,1-5H3/t25-/m0/s1. The Hall–Kier alpha value is -2.57. The Kier molecular flexibility index (Phi) is 8.34. The number of rotatable bonds is 10. The van der Waals surface area contributed by atoms with E-state index in [2.05, 4.69) is 49.9 Å². The highest BCUT2D eigenvalue weighted by molar-refractivity contribution is 5.76. The molecule has 1 aliphatic heterocycles. The van der Waals surface area contributed by atoms with E-state index in [4.69, 9.17) is 9.47 Å². The lowest BCUT2D eigenvalue weighted by Crippen LogP contribution is -2.38. The van der Waals surface area contributed by atoms with E-state index in [1.54, 1.807) is 14.2 Å². The minimum Gasteiger partial charge on any atom is -0.497 e. The van der Waals surface area contributed by atoms with Gasteiger partial charge in [0.2, 0.25) is 0 Å². The highest BCUT2D eigenvalue weighted by Crippen LogP contribution is 2.34. The molecule has 4 rings (SSSR count). The van der Waals surface area contributed by atoms with Crippen molar-refractivity contribution in [3.8, 4) is 5.75 Å². The number of benzene rings is 2. The largest absolute Gasteiger partial charge is 0.497 e. The molecule has 35 heavy (non-hydrogen) atoms. The molecule has 1 saturated heterocycles. The van der Waals surface area contributed by atoms with Gasteiger partial charge in [-0.25, -0.2) is 4.79 Å². The Morgan fingerprint density at radius 1 is 1.00 bits per heavy atom. The quantitative estimate of drug-likeness (QED) is 0.399. The summed E-state index contributed by atoms with van der Waals surface area (Å²) in [7, 11) is 3.42. The highest BCUT2D eigenvalue weighted by Gasteiger charge is 2.26.